The number of nitrogens with zero attached hydrogens (tertiary/aromatic N) is 2. The first-order chi connectivity index (χ1) is 8.92. The molecule has 0 spiro atoms. The minimum absolute atomic E-state index is 0.160. The number of anilines is 1. The third-order valence-corrected chi connectivity index (χ3v) is 3.98. The number of aryl methyl sites for hydroxylation is 1. The lowest BCUT2D eigenvalue weighted by atomic mass is 9.98. The molecule has 0 atom stereocenters. The zero-order valence-electron chi connectivity index (χ0n) is 13.4. The Morgan fingerprint density at radius 3 is 2.58 bits per heavy atom. The van der Waals surface area contributed by atoms with E-state index in [0.717, 1.165) is 31.6 Å². The van der Waals surface area contributed by atoms with Gasteiger partial charge in [0.15, 0.2) is 0 Å². The maximum Gasteiger partial charge on any atom is 0.0447 e. The smallest absolute Gasteiger partial charge is 0.0447 e. The molecule has 19 heavy (non-hydrogen) atoms. The zero-order chi connectivity index (χ0) is 14.5. The van der Waals surface area contributed by atoms with Crippen LogP contribution < -0.4 is 10.2 Å². The van der Waals surface area contributed by atoms with Crippen LogP contribution in [0.5, 0.6) is 0 Å². The minimum atomic E-state index is 0.160. The van der Waals surface area contributed by atoms with Crippen molar-refractivity contribution in [2.24, 2.45) is 0 Å². The Morgan fingerprint density at radius 2 is 2.00 bits per heavy atom. The van der Waals surface area contributed by atoms with Crippen LogP contribution in [-0.2, 0) is 6.54 Å². The molecule has 3 nitrogen and oxygen atoms in total. The third-order valence-electron chi connectivity index (χ3n) is 3.98. The first kappa shape index (κ1) is 16.0. The Balaban J connectivity index is 2.99. The largest absolute Gasteiger partial charge is 0.369 e. The standard InChI is InChI=1S/C16H29N3/c1-7-9-17-11-14-12-18-13(3)10-15(14)19(6)16(4,5)8-2/h10,12,17H,7-9,11H2,1-6H3. The van der Waals surface area contributed by atoms with E-state index >= 15 is 0 Å². The lowest BCUT2D eigenvalue weighted by Crippen LogP contribution is -2.41. The average Bonchev–Trinajstić information content (AvgIpc) is 2.39. The molecule has 0 saturated carbocycles. The summed E-state index contributed by atoms with van der Waals surface area (Å²) < 4.78 is 0. The summed E-state index contributed by atoms with van der Waals surface area (Å²) in [6, 6.07) is 2.19. The molecule has 0 fully saturated rings. The molecule has 0 unspecified atom stereocenters. The summed E-state index contributed by atoms with van der Waals surface area (Å²) in [4.78, 5) is 6.82. The molecule has 0 saturated heterocycles. The van der Waals surface area contributed by atoms with Crippen molar-refractivity contribution in [1.82, 2.24) is 10.3 Å². The van der Waals surface area contributed by atoms with Gasteiger partial charge in [0.2, 0.25) is 0 Å². The summed E-state index contributed by atoms with van der Waals surface area (Å²) in [5, 5.41) is 3.47. The predicted octanol–water partition coefficient (Wildman–Crippen LogP) is 3.51. The second-order valence-corrected chi connectivity index (χ2v) is 5.86. The molecular weight excluding hydrogens is 234 g/mol. The maximum absolute atomic E-state index is 4.44. The van der Waals surface area contributed by atoms with Crippen molar-refractivity contribution < 1.29 is 0 Å². The van der Waals surface area contributed by atoms with Gasteiger partial charge in [-0.3, -0.25) is 4.98 Å². The van der Waals surface area contributed by atoms with Crippen molar-refractivity contribution in [3.05, 3.63) is 23.5 Å². The highest BCUT2D eigenvalue weighted by Crippen LogP contribution is 2.28. The summed E-state index contributed by atoms with van der Waals surface area (Å²) >= 11 is 0. The summed E-state index contributed by atoms with van der Waals surface area (Å²) in [5.74, 6) is 0. The molecule has 1 rings (SSSR count). The molecule has 0 aliphatic carbocycles. The first-order valence-electron chi connectivity index (χ1n) is 7.32. The average molecular weight is 263 g/mol. The van der Waals surface area contributed by atoms with E-state index in [9.17, 15) is 0 Å². The van der Waals surface area contributed by atoms with Gasteiger partial charge in [-0.05, 0) is 46.2 Å². The van der Waals surface area contributed by atoms with Gasteiger partial charge in [0.1, 0.15) is 0 Å². The summed E-state index contributed by atoms with van der Waals surface area (Å²) in [5.41, 5.74) is 3.81. The molecule has 0 radical (unpaired) electrons. The summed E-state index contributed by atoms with van der Waals surface area (Å²) in [7, 11) is 2.18. The van der Waals surface area contributed by atoms with Gasteiger partial charge >= 0.3 is 0 Å². The van der Waals surface area contributed by atoms with Crippen LogP contribution in [0.25, 0.3) is 0 Å². The predicted molar refractivity (Wildman–Crippen MR) is 83.7 cm³/mol. The maximum atomic E-state index is 4.44. The molecule has 0 aliphatic rings. The Labute approximate surface area is 118 Å². The highest BCUT2D eigenvalue weighted by molar-refractivity contribution is 5.54. The van der Waals surface area contributed by atoms with Crippen LogP contribution in [0, 0.1) is 6.92 Å². The Kier molecular flexibility index (Phi) is 5.80. The monoisotopic (exact) mass is 263 g/mol. The zero-order valence-corrected chi connectivity index (χ0v) is 13.4. The van der Waals surface area contributed by atoms with Crippen LogP contribution in [0.15, 0.2) is 12.3 Å². The van der Waals surface area contributed by atoms with Gasteiger partial charge in [-0.2, -0.15) is 0 Å². The quantitative estimate of drug-likeness (QED) is 0.763. The van der Waals surface area contributed by atoms with Gasteiger partial charge in [-0.1, -0.05) is 13.8 Å². The van der Waals surface area contributed by atoms with Crippen molar-refractivity contribution in [2.45, 2.75) is 59.5 Å². The Morgan fingerprint density at radius 1 is 1.32 bits per heavy atom. The van der Waals surface area contributed by atoms with Crippen LogP contribution >= 0.6 is 0 Å². The molecule has 0 bridgehead atoms. The summed E-state index contributed by atoms with van der Waals surface area (Å²) in [6.07, 6.45) is 4.28. The van der Waals surface area contributed by atoms with Gasteiger partial charge in [0, 0.05) is 42.3 Å². The van der Waals surface area contributed by atoms with E-state index in [-0.39, 0.29) is 5.54 Å². The minimum Gasteiger partial charge on any atom is -0.369 e. The highest BCUT2D eigenvalue weighted by atomic mass is 15.2. The lowest BCUT2D eigenvalue weighted by Gasteiger charge is -2.38. The molecule has 0 aromatic carbocycles. The number of hydrogen-bond acceptors (Lipinski definition) is 3. The molecular formula is C16H29N3. The van der Waals surface area contributed by atoms with Crippen LogP contribution in [0.1, 0.15) is 51.8 Å². The van der Waals surface area contributed by atoms with E-state index < -0.39 is 0 Å². The van der Waals surface area contributed by atoms with E-state index in [1.165, 1.54) is 11.3 Å². The van der Waals surface area contributed by atoms with Crippen molar-refractivity contribution >= 4 is 5.69 Å². The molecule has 0 amide bonds. The molecule has 0 aliphatic heterocycles. The topological polar surface area (TPSA) is 28.2 Å². The lowest BCUT2D eigenvalue weighted by molar-refractivity contribution is 0.469. The normalized spacial score (nSPS) is 11.7. The van der Waals surface area contributed by atoms with E-state index in [4.69, 9.17) is 0 Å². The van der Waals surface area contributed by atoms with Crippen molar-refractivity contribution in [2.75, 3.05) is 18.5 Å². The van der Waals surface area contributed by atoms with Crippen molar-refractivity contribution in [3.8, 4) is 0 Å². The van der Waals surface area contributed by atoms with E-state index in [0.29, 0.717) is 0 Å². The van der Waals surface area contributed by atoms with Gasteiger partial charge in [0.05, 0.1) is 0 Å². The molecule has 1 heterocycles. The number of aromatic nitrogens is 1. The highest BCUT2D eigenvalue weighted by Gasteiger charge is 2.23. The van der Waals surface area contributed by atoms with Gasteiger partial charge < -0.3 is 10.2 Å². The van der Waals surface area contributed by atoms with E-state index in [1.54, 1.807) is 0 Å². The van der Waals surface area contributed by atoms with E-state index in [1.807, 2.05) is 6.20 Å². The molecule has 1 N–H and O–H groups in total. The Bertz CT molecular complexity index is 399. The molecule has 1 aromatic rings. The van der Waals surface area contributed by atoms with Crippen molar-refractivity contribution in [3.63, 3.8) is 0 Å². The van der Waals surface area contributed by atoms with Crippen LogP contribution in [-0.4, -0.2) is 24.1 Å². The number of rotatable bonds is 7. The van der Waals surface area contributed by atoms with Crippen LogP contribution in [0.2, 0.25) is 0 Å². The summed E-state index contributed by atoms with van der Waals surface area (Å²) in [6.45, 7) is 13.0. The van der Waals surface area contributed by atoms with Crippen LogP contribution in [0.3, 0.4) is 0 Å². The van der Waals surface area contributed by atoms with Crippen LogP contribution in [0.4, 0.5) is 5.69 Å². The van der Waals surface area contributed by atoms with Gasteiger partial charge in [-0.25, -0.2) is 0 Å². The number of hydrogen-bond donors (Lipinski definition) is 1. The fraction of sp³-hybridized carbons (Fsp3) is 0.688. The second kappa shape index (κ2) is 6.90. The fourth-order valence-electron chi connectivity index (χ4n) is 1.99. The molecule has 108 valence electrons. The van der Waals surface area contributed by atoms with Gasteiger partial charge in [0.25, 0.3) is 0 Å². The molecule has 1 aromatic heterocycles. The first-order valence-corrected chi connectivity index (χ1v) is 7.32. The number of pyridine rings is 1. The second-order valence-electron chi connectivity index (χ2n) is 5.86. The van der Waals surface area contributed by atoms with Crippen molar-refractivity contribution in [1.29, 1.82) is 0 Å². The number of nitrogens with one attached hydrogen (secondary N) is 1. The van der Waals surface area contributed by atoms with Gasteiger partial charge in [-0.15, -0.1) is 0 Å². The Hall–Kier alpha value is -1.09. The van der Waals surface area contributed by atoms with E-state index in [2.05, 4.69) is 62.9 Å². The third kappa shape index (κ3) is 4.20. The molecule has 3 heteroatoms. The SMILES string of the molecule is CCCNCc1cnc(C)cc1N(C)C(C)(C)CC. The fourth-order valence-corrected chi connectivity index (χ4v) is 1.99.